The number of terminal acetylenes is 1. The number of rotatable bonds is 4. The van der Waals surface area contributed by atoms with Gasteiger partial charge in [-0.2, -0.15) is 0 Å². The first kappa shape index (κ1) is 15.0. The molecule has 0 spiro atoms. The van der Waals surface area contributed by atoms with Gasteiger partial charge in [0.15, 0.2) is 9.84 Å². The van der Waals surface area contributed by atoms with Crippen molar-refractivity contribution in [3.05, 3.63) is 29.8 Å². The summed E-state index contributed by atoms with van der Waals surface area (Å²) in [6.45, 7) is 0.552. The van der Waals surface area contributed by atoms with Crippen LogP contribution in [0.2, 0.25) is 0 Å². The first-order valence-corrected chi connectivity index (χ1v) is 6.20. The lowest BCUT2D eigenvalue weighted by Gasteiger charge is -2.02. The number of hydrogen-bond donors (Lipinski definition) is 1. The Morgan fingerprint density at radius 1 is 1.25 bits per heavy atom. The van der Waals surface area contributed by atoms with Crippen LogP contribution in [-0.2, 0) is 16.3 Å². The van der Waals surface area contributed by atoms with Gasteiger partial charge in [-0.25, -0.2) is 8.42 Å². The topological polar surface area (TPSA) is 60.2 Å². The van der Waals surface area contributed by atoms with E-state index in [2.05, 4.69) is 5.92 Å². The molecule has 2 N–H and O–H groups in total. The third-order valence-electron chi connectivity index (χ3n) is 1.99. The van der Waals surface area contributed by atoms with Crippen molar-refractivity contribution in [3.8, 4) is 12.3 Å². The summed E-state index contributed by atoms with van der Waals surface area (Å²) in [7, 11) is -3.31. The average molecular weight is 260 g/mol. The zero-order valence-electron chi connectivity index (χ0n) is 8.72. The number of halogens is 1. The maximum Gasteiger partial charge on any atom is 0.189 e. The molecule has 0 aliphatic rings. The minimum Gasteiger partial charge on any atom is -0.330 e. The van der Waals surface area contributed by atoms with Crippen LogP contribution in [0, 0.1) is 12.3 Å². The number of hydrogen-bond acceptors (Lipinski definition) is 3. The van der Waals surface area contributed by atoms with Crippen molar-refractivity contribution in [2.24, 2.45) is 5.73 Å². The molecule has 1 aromatic carbocycles. The standard InChI is InChI=1S/C11H13NO2S.ClH/c1-2-9-15(13,14)11-5-3-10(4-6-11)7-8-12;/h1,3-6H,7-9,12H2;1H. The van der Waals surface area contributed by atoms with Gasteiger partial charge in [0.05, 0.1) is 4.90 Å². The second kappa shape index (κ2) is 6.54. The van der Waals surface area contributed by atoms with Gasteiger partial charge in [-0.15, -0.1) is 18.8 Å². The molecule has 0 saturated heterocycles. The van der Waals surface area contributed by atoms with E-state index in [-0.39, 0.29) is 23.1 Å². The van der Waals surface area contributed by atoms with Crippen molar-refractivity contribution >= 4 is 22.2 Å². The monoisotopic (exact) mass is 259 g/mol. The van der Waals surface area contributed by atoms with Crippen LogP contribution in [-0.4, -0.2) is 20.7 Å². The lowest BCUT2D eigenvalue weighted by Crippen LogP contribution is -2.06. The molecule has 1 aromatic rings. The van der Waals surface area contributed by atoms with Gasteiger partial charge in [-0.1, -0.05) is 18.1 Å². The van der Waals surface area contributed by atoms with E-state index in [1.54, 1.807) is 24.3 Å². The molecule has 0 atom stereocenters. The number of sulfone groups is 1. The molecule has 0 aromatic heterocycles. The van der Waals surface area contributed by atoms with Gasteiger partial charge >= 0.3 is 0 Å². The minimum absolute atomic E-state index is 0. The average Bonchev–Trinajstić information content (AvgIpc) is 2.19. The normalized spacial score (nSPS) is 10.2. The van der Waals surface area contributed by atoms with E-state index in [1.165, 1.54) is 0 Å². The Balaban J connectivity index is 0.00000225. The summed E-state index contributed by atoms with van der Waals surface area (Å²) >= 11 is 0. The smallest absolute Gasteiger partial charge is 0.189 e. The van der Waals surface area contributed by atoms with Crippen molar-refractivity contribution < 1.29 is 8.42 Å². The third-order valence-corrected chi connectivity index (χ3v) is 3.53. The van der Waals surface area contributed by atoms with E-state index >= 15 is 0 Å². The van der Waals surface area contributed by atoms with Crippen LogP contribution in [0.5, 0.6) is 0 Å². The number of nitrogens with two attached hydrogens (primary N) is 1. The van der Waals surface area contributed by atoms with E-state index in [9.17, 15) is 8.42 Å². The Kier molecular flexibility index (Phi) is 6.12. The molecular formula is C11H14ClNO2S. The molecule has 0 unspecified atom stereocenters. The lowest BCUT2D eigenvalue weighted by atomic mass is 10.2. The van der Waals surface area contributed by atoms with Gasteiger partial charge in [-0.05, 0) is 30.7 Å². The predicted octanol–water partition coefficient (Wildman–Crippen LogP) is 1.02. The molecule has 5 heteroatoms. The maximum absolute atomic E-state index is 11.5. The zero-order chi connectivity index (χ0) is 11.3. The highest BCUT2D eigenvalue weighted by molar-refractivity contribution is 7.91. The van der Waals surface area contributed by atoms with Crippen LogP contribution in [0.15, 0.2) is 29.2 Å². The summed E-state index contributed by atoms with van der Waals surface area (Å²) in [4.78, 5) is 0.265. The molecule has 0 amide bonds. The van der Waals surface area contributed by atoms with Crippen LogP contribution < -0.4 is 5.73 Å². The number of benzene rings is 1. The van der Waals surface area contributed by atoms with Crippen molar-refractivity contribution in [1.29, 1.82) is 0 Å². The van der Waals surface area contributed by atoms with E-state index < -0.39 is 9.84 Å². The highest BCUT2D eigenvalue weighted by Gasteiger charge is 2.11. The van der Waals surface area contributed by atoms with E-state index in [1.807, 2.05) is 0 Å². The fourth-order valence-corrected chi connectivity index (χ4v) is 2.16. The molecule has 3 nitrogen and oxygen atoms in total. The quantitative estimate of drug-likeness (QED) is 0.822. The van der Waals surface area contributed by atoms with E-state index in [0.717, 1.165) is 12.0 Å². The second-order valence-corrected chi connectivity index (χ2v) is 5.14. The Morgan fingerprint density at radius 3 is 2.25 bits per heavy atom. The van der Waals surface area contributed by atoms with E-state index in [0.29, 0.717) is 6.54 Å². The Bertz CT molecular complexity index is 460. The second-order valence-electron chi connectivity index (χ2n) is 3.15. The lowest BCUT2D eigenvalue weighted by molar-refractivity contribution is 0.599. The molecule has 0 radical (unpaired) electrons. The molecule has 88 valence electrons. The Hall–Kier alpha value is -1.02. The van der Waals surface area contributed by atoms with Crippen molar-refractivity contribution in [3.63, 3.8) is 0 Å². The summed E-state index contributed by atoms with van der Waals surface area (Å²) < 4.78 is 23.1. The third kappa shape index (κ3) is 3.86. The Labute approximate surface area is 102 Å². The molecule has 16 heavy (non-hydrogen) atoms. The van der Waals surface area contributed by atoms with Gasteiger partial charge in [0.25, 0.3) is 0 Å². The maximum atomic E-state index is 11.5. The molecule has 1 rings (SSSR count). The molecule has 0 aliphatic heterocycles. The minimum atomic E-state index is -3.31. The van der Waals surface area contributed by atoms with Gasteiger partial charge < -0.3 is 5.73 Å². The van der Waals surface area contributed by atoms with Gasteiger partial charge in [0.1, 0.15) is 5.75 Å². The molecule has 0 heterocycles. The first-order valence-electron chi connectivity index (χ1n) is 4.55. The Morgan fingerprint density at radius 2 is 1.81 bits per heavy atom. The predicted molar refractivity (Wildman–Crippen MR) is 67.3 cm³/mol. The van der Waals surface area contributed by atoms with Crippen molar-refractivity contribution in [1.82, 2.24) is 0 Å². The van der Waals surface area contributed by atoms with Gasteiger partial charge in [0, 0.05) is 0 Å². The van der Waals surface area contributed by atoms with Gasteiger partial charge in [0.2, 0.25) is 0 Å². The van der Waals surface area contributed by atoms with Crippen LogP contribution >= 0.6 is 12.4 Å². The largest absolute Gasteiger partial charge is 0.330 e. The highest BCUT2D eigenvalue weighted by atomic mass is 35.5. The fourth-order valence-electron chi connectivity index (χ4n) is 1.22. The fraction of sp³-hybridized carbons (Fsp3) is 0.273. The van der Waals surface area contributed by atoms with Crippen LogP contribution in [0.4, 0.5) is 0 Å². The van der Waals surface area contributed by atoms with Crippen molar-refractivity contribution in [2.75, 3.05) is 12.3 Å². The van der Waals surface area contributed by atoms with Crippen molar-refractivity contribution in [2.45, 2.75) is 11.3 Å². The summed E-state index contributed by atoms with van der Waals surface area (Å²) in [5.41, 5.74) is 6.41. The molecule has 0 fully saturated rings. The zero-order valence-corrected chi connectivity index (χ0v) is 10.4. The molecule has 0 saturated carbocycles. The van der Waals surface area contributed by atoms with Crippen LogP contribution in [0.3, 0.4) is 0 Å². The molecule has 0 aliphatic carbocycles. The summed E-state index contributed by atoms with van der Waals surface area (Å²) in [5, 5.41) is 0. The summed E-state index contributed by atoms with van der Waals surface area (Å²) in [6.07, 6.45) is 5.73. The highest BCUT2D eigenvalue weighted by Crippen LogP contribution is 2.12. The SMILES string of the molecule is C#CCS(=O)(=O)c1ccc(CCN)cc1.Cl. The van der Waals surface area contributed by atoms with Crippen LogP contribution in [0.25, 0.3) is 0 Å². The summed E-state index contributed by atoms with van der Waals surface area (Å²) in [6, 6.07) is 6.65. The first-order chi connectivity index (χ1) is 7.10. The van der Waals surface area contributed by atoms with E-state index in [4.69, 9.17) is 12.2 Å². The summed E-state index contributed by atoms with van der Waals surface area (Å²) in [5.74, 6) is 1.88. The van der Waals surface area contributed by atoms with Crippen LogP contribution in [0.1, 0.15) is 5.56 Å². The molecule has 0 bridgehead atoms. The van der Waals surface area contributed by atoms with Gasteiger partial charge in [-0.3, -0.25) is 0 Å². The molecular weight excluding hydrogens is 246 g/mol.